The second-order valence-corrected chi connectivity index (χ2v) is 6.50. The molecule has 0 aliphatic carbocycles. The Morgan fingerprint density at radius 1 is 0.967 bits per heavy atom. The number of amides is 2. The van der Waals surface area contributed by atoms with E-state index in [4.69, 9.17) is 25.8 Å². The van der Waals surface area contributed by atoms with Crippen LogP contribution < -0.4 is 20.1 Å². The monoisotopic (exact) mass is 434 g/mol. The number of ether oxygens (including phenoxy) is 3. The number of methoxy groups -OCH3 is 1. The van der Waals surface area contributed by atoms with E-state index in [1.54, 1.807) is 42.5 Å². The molecule has 160 valence electrons. The molecule has 0 radical (unpaired) electrons. The van der Waals surface area contributed by atoms with Gasteiger partial charge in [-0.25, -0.2) is 0 Å². The van der Waals surface area contributed by atoms with Crippen molar-refractivity contribution >= 4 is 40.8 Å². The molecule has 2 rings (SSSR count). The molecule has 2 N–H and O–H groups in total. The van der Waals surface area contributed by atoms with E-state index in [2.05, 4.69) is 10.6 Å². The fourth-order valence-corrected chi connectivity index (χ4v) is 2.59. The molecular formula is C21H23ClN2O6. The summed E-state index contributed by atoms with van der Waals surface area (Å²) < 4.78 is 15.4. The fraction of sp³-hybridized carbons (Fsp3) is 0.286. The lowest BCUT2D eigenvalue weighted by Gasteiger charge is -2.10. The molecule has 0 aliphatic rings. The van der Waals surface area contributed by atoms with Gasteiger partial charge >= 0.3 is 5.97 Å². The van der Waals surface area contributed by atoms with Crippen LogP contribution >= 0.6 is 11.6 Å². The summed E-state index contributed by atoms with van der Waals surface area (Å²) in [4.78, 5) is 35.7. The smallest absolute Gasteiger partial charge is 0.306 e. The van der Waals surface area contributed by atoms with Crippen LogP contribution in [0.1, 0.15) is 19.8 Å². The largest absolute Gasteiger partial charge is 0.495 e. The number of halogens is 1. The lowest BCUT2D eigenvalue weighted by Crippen LogP contribution is -2.21. The van der Waals surface area contributed by atoms with Crippen molar-refractivity contribution in [1.82, 2.24) is 0 Å². The third-order valence-electron chi connectivity index (χ3n) is 3.81. The van der Waals surface area contributed by atoms with Crippen LogP contribution in [0.4, 0.5) is 11.4 Å². The van der Waals surface area contributed by atoms with Crippen molar-refractivity contribution in [3.8, 4) is 11.5 Å². The highest BCUT2D eigenvalue weighted by Crippen LogP contribution is 2.27. The number of hydrogen-bond acceptors (Lipinski definition) is 6. The maximum absolute atomic E-state index is 12.0. The zero-order chi connectivity index (χ0) is 21.9. The van der Waals surface area contributed by atoms with Crippen LogP contribution in [-0.2, 0) is 19.1 Å². The summed E-state index contributed by atoms with van der Waals surface area (Å²) in [5.41, 5.74) is 0.951. The Balaban J connectivity index is 1.72. The summed E-state index contributed by atoms with van der Waals surface area (Å²) in [6.45, 7) is 1.98. The summed E-state index contributed by atoms with van der Waals surface area (Å²) in [5.74, 6) is -0.422. The second-order valence-electron chi connectivity index (χ2n) is 6.06. The van der Waals surface area contributed by atoms with Gasteiger partial charge in [0.15, 0.2) is 6.61 Å². The van der Waals surface area contributed by atoms with E-state index in [0.717, 1.165) is 0 Å². The van der Waals surface area contributed by atoms with E-state index < -0.39 is 24.4 Å². The van der Waals surface area contributed by atoms with Gasteiger partial charge in [-0.3, -0.25) is 14.4 Å². The van der Waals surface area contributed by atoms with Crippen molar-refractivity contribution < 1.29 is 28.6 Å². The Labute approximate surface area is 179 Å². The van der Waals surface area contributed by atoms with Gasteiger partial charge in [-0.1, -0.05) is 11.6 Å². The summed E-state index contributed by atoms with van der Waals surface area (Å²) in [6.07, 6.45) is -0.292. The minimum Gasteiger partial charge on any atom is -0.495 e. The molecular weight excluding hydrogens is 412 g/mol. The van der Waals surface area contributed by atoms with Crippen molar-refractivity contribution in [2.75, 3.05) is 31.0 Å². The minimum absolute atomic E-state index is 0.116. The molecule has 2 aromatic rings. The zero-order valence-corrected chi connectivity index (χ0v) is 17.5. The maximum atomic E-state index is 12.0. The Kier molecular flexibility index (Phi) is 8.96. The maximum Gasteiger partial charge on any atom is 0.306 e. The van der Waals surface area contributed by atoms with E-state index in [1.807, 2.05) is 6.92 Å². The van der Waals surface area contributed by atoms with Gasteiger partial charge in [0.1, 0.15) is 11.5 Å². The van der Waals surface area contributed by atoms with Gasteiger partial charge < -0.3 is 24.8 Å². The lowest BCUT2D eigenvalue weighted by atomic mass is 10.2. The summed E-state index contributed by atoms with van der Waals surface area (Å²) >= 11 is 5.91. The van der Waals surface area contributed by atoms with Crippen LogP contribution in [0.3, 0.4) is 0 Å². The van der Waals surface area contributed by atoms with Crippen LogP contribution in [0, 0.1) is 0 Å². The molecule has 0 saturated heterocycles. The molecule has 0 bridgehead atoms. The highest BCUT2D eigenvalue weighted by molar-refractivity contribution is 6.31. The summed E-state index contributed by atoms with van der Waals surface area (Å²) in [7, 11) is 1.47. The normalized spacial score (nSPS) is 10.1. The highest BCUT2D eigenvalue weighted by Gasteiger charge is 2.13. The second kappa shape index (κ2) is 11.7. The van der Waals surface area contributed by atoms with Crippen LogP contribution in [0.5, 0.6) is 11.5 Å². The average molecular weight is 435 g/mol. The third-order valence-corrected chi connectivity index (χ3v) is 4.04. The van der Waals surface area contributed by atoms with Gasteiger partial charge in [0, 0.05) is 17.1 Å². The van der Waals surface area contributed by atoms with Crippen molar-refractivity contribution in [3.05, 3.63) is 47.5 Å². The van der Waals surface area contributed by atoms with Crippen molar-refractivity contribution in [2.45, 2.75) is 19.8 Å². The predicted octanol–water partition coefficient (Wildman–Crippen LogP) is 3.65. The molecule has 0 fully saturated rings. The zero-order valence-electron chi connectivity index (χ0n) is 16.7. The third kappa shape index (κ3) is 7.63. The average Bonchev–Trinajstić information content (AvgIpc) is 2.72. The highest BCUT2D eigenvalue weighted by atomic mass is 35.5. The molecule has 0 aromatic heterocycles. The van der Waals surface area contributed by atoms with Crippen LogP contribution in [-0.4, -0.2) is 38.1 Å². The number of benzene rings is 2. The van der Waals surface area contributed by atoms with Gasteiger partial charge in [-0.05, 0) is 49.4 Å². The number of rotatable bonds is 10. The molecule has 0 aliphatic heterocycles. The van der Waals surface area contributed by atoms with E-state index in [1.165, 1.54) is 7.11 Å². The van der Waals surface area contributed by atoms with Crippen molar-refractivity contribution in [1.29, 1.82) is 0 Å². The molecule has 0 atom stereocenters. The van der Waals surface area contributed by atoms with E-state index >= 15 is 0 Å². The van der Waals surface area contributed by atoms with E-state index in [-0.39, 0.29) is 12.8 Å². The predicted molar refractivity (Wildman–Crippen MR) is 113 cm³/mol. The molecule has 2 aromatic carbocycles. The van der Waals surface area contributed by atoms with Crippen molar-refractivity contribution in [3.63, 3.8) is 0 Å². The van der Waals surface area contributed by atoms with Crippen molar-refractivity contribution in [2.24, 2.45) is 0 Å². The van der Waals surface area contributed by atoms with Gasteiger partial charge in [0.25, 0.3) is 5.91 Å². The van der Waals surface area contributed by atoms with E-state index in [0.29, 0.717) is 34.5 Å². The first-order valence-electron chi connectivity index (χ1n) is 9.23. The van der Waals surface area contributed by atoms with Gasteiger partial charge in [0.05, 0.1) is 25.8 Å². The molecule has 2 amide bonds. The fourth-order valence-electron chi connectivity index (χ4n) is 2.42. The number of carbonyl (C=O) groups excluding carboxylic acids is 3. The Bertz CT molecular complexity index is 886. The van der Waals surface area contributed by atoms with Crippen LogP contribution in [0.15, 0.2) is 42.5 Å². The van der Waals surface area contributed by atoms with Crippen LogP contribution in [0.25, 0.3) is 0 Å². The summed E-state index contributed by atoms with van der Waals surface area (Å²) in [5, 5.41) is 5.66. The molecule has 0 spiro atoms. The number of nitrogens with one attached hydrogen (secondary N) is 2. The summed E-state index contributed by atoms with van der Waals surface area (Å²) in [6, 6.07) is 11.6. The van der Waals surface area contributed by atoms with Gasteiger partial charge in [-0.2, -0.15) is 0 Å². The Hall–Kier alpha value is -3.26. The number of carbonyl (C=O) groups is 3. The Morgan fingerprint density at radius 2 is 1.70 bits per heavy atom. The molecule has 0 saturated carbocycles. The SMILES string of the molecule is CCOc1ccc(NC(=O)COC(=O)CCC(=O)Nc2cc(Cl)ccc2OC)cc1. The molecule has 9 heteroatoms. The Morgan fingerprint density at radius 3 is 2.37 bits per heavy atom. The van der Waals surface area contributed by atoms with Crippen LogP contribution in [0.2, 0.25) is 5.02 Å². The first-order chi connectivity index (χ1) is 14.4. The molecule has 0 unspecified atom stereocenters. The topological polar surface area (TPSA) is 103 Å². The standard InChI is InChI=1S/C21H23ClN2O6/c1-3-29-16-7-5-15(6-8-16)23-20(26)13-30-21(27)11-10-19(25)24-17-12-14(22)4-9-18(17)28-2/h4-9,12H,3,10-11,13H2,1-2H3,(H,23,26)(H,24,25). The molecule has 8 nitrogen and oxygen atoms in total. The van der Waals surface area contributed by atoms with E-state index in [9.17, 15) is 14.4 Å². The van der Waals surface area contributed by atoms with Gasteiger partial charge in [0.2, 0.25) is 5.91 Å². The minimum atomic E-state index is -0.662. The quantitative estimate of drug-likeness (QED) is 0.553. The number of anilines is 2. The molecule has 0 heterocycles. The lowest BCUT2D eigenvalue weighted by molar-refractivity contribution is -0.147. The molecule has 30 heavy (non-hydrogen) atoms. The number of hydrogen-bond donors (Lipinski definition) is 2. The first-order valence-corrected chi connectivity index (χ1v) is 9.60. The first kappa shape index (κ1) is 23.0. The van der Waals surface area contributed by atoms with Gasteiger partial charge in [-0.15, -0.1) is 0 Å². The number of esters is 1.